The van der Waals surface area contributed by atoms with E-state index in [1.54, 1.807) is 0 Å². The molecule has 1 aromatic carbocycles. The van der Waals surface area contributed by atoms with E-state index >= 15 is 0 Å². The van der Waals surface area contributed by atoms with Gasteiger partial charge >= 0.3 is 6.18 Å². The van der Waals surface area contributed by atoms with Gasteiger partial charge in [-0.25, -0.2) is 0 Å². The summed E-state index contributed by atoms with van der Waals surface area (Å²) >= 11 is 0. The zero-order valence-electron chi connectivity index (χ0n) is 9.48. The second-order valence-electron chi connectivity index (χ2n) is 4.04. The molecule has 0 radical (unpaired) electrons. The molecule has 0 aromatic heterocycles. The maximum Gasteiger partial charge on any atom is 0.416 e. The summed E-state index contributed by atoms with van der Waals surface area (Å²) in [6.07, 6.45) is -5.52. The van der Waals surface area contributed by atoms with Crippen LogP contribution in [-0.2, 0) is 15.7 Å². The highest BCUT2D eigenvalue weighted by Crippen LogP contribution is 2.30. The summed E-state index contributed by atoms with van der Waals surface area (Å²) < 4.78 is 47.4. The smallest absolute Gasteiger partial charge is 0.388 e. The van der Waals surface area contributed by atoms with Crippen molar-refractivity contribution in [3.8, 4) is 0 Å². The summed E-state index contributed by atoms with van der Waals surface area (Å²) in [5, 5.41) is 9.83. The summed E-state index contributed by atoms with van der Waals surface area (Å²) in [4.78, 5) is 0. The monoisotopic (exact) mass is 262 g/mol. The molecule has 1 N–H and O–H groups in total. The Balaban J connectivity index is 2.00. The molecule has 1 unspecified atom stereocenters. The number of hydrogen-bond donors (Lipinski definition) is 1. The topological polar surface area (TPSA) is 38.7 Å². The highest BCUT2D eigenvalue weighted by molar-refractivity contribution is 5.26. The molecule has 1 aromatic rings. The predicted octanol–water partition coefficient (Wildman–Crippen LogP) is 2.50. The van der Waals surface area contributed by atoms with Crippen molar-refractivity contribution < 1.29 is 27.8 Å². The van der Waals surface area contributed by atoms with Gasteiger partial charge in [-0.15, -0.1) is 0 Å². The normalized spacial score (nSPS) is 19.1. The average molecular weight is 262 g/mol. The third kappa shape index (κ3) is 3.22. The molecule has 100 valence electrons. The first kappa shape index (κ1) is 13.3. The molecule has 2 rings (SSSR count). The minimum atomic E-state index is -4.36. The zero-order valence-corrected chi connectivity index (χ0v) is 9.48. The van der Waals surface area contributed by atoms with Crippen molar-refractivity contribution >= 4 is 0 Å². The summed E-state index contributed by atoms with van der Waals surface area (Å²) in [5.74, 6) is 0. The van der Waals surface area contributed by atoms with Crippen molar-refractivity contribution in [2.24, 2.45) is 0 Å². The molecule has 0 bridgehead atoms. The van der Waals surface area contributed by atoms with Gasteiger partial charge in [-0.1, -0.05) is 12.1 Å². The molecule has 1 aliphatic heterocycles. The van der Waals surface area contributed by atoms with Crippen LogP contribution >= 0.6 is 0 Å². The van der Waals surface area contributed by atoms with Crippen LogP contribution in [-0.4, -0.2) is 24.6 Å². The van der Waals surface area contributed by atoms with E-state index in [9.17, 15) is 18.3 Å². The molecule has 0 saturated carbocycles. The first-order chi connectivity index (χ1) is 8.47. The molecule has 18 heavy (non-hydrogen) atoms. The Kier molecular flexibility index (Phi) is 3.89. The van der Waals surface area contributed by atoms with Gasteiger partial charge in [-0.2, -0.15) is 13.2 Å². The lowest BCUT2D eigenvalue weighted by Crippen LogP contribution is -2.13. The number of alkyl halides is 3. The number of rotatable bonds is 3. The standard InChI is InChI=1S/C12H13F3O3/c13-12(14,15)9-3-1-8(2-4-9)10(16)7-11-17-5-6-18-11/h1-4,10-11,16H,5-7H2. The molecule has 6 heteroatoms. The van der Waals surface area contributed by atoms with Gasteiger partial charge in [0, 0.05) is 6.42 Å². The van der Waals surface area contributed by atoms with E-state index in [2.05, 4.69) is 0 Å². The van der Waals surface area contributed by atoms with E-state index in [1.807, 2.05) is 0 Å². The van der Waals surface area contributed by atoms with E-state index in [4.69, 9.17) is 9.47 Å². The maximum atomic E-state index is 12.3. The number of ether oxygens (including phenoxy) is 2. The van der Waals surface area contributed by atoms with Crippen LogP contribution in [0.15, 0.2) is 24.3 Å². The largest absolute Gasteiger partial charge is 0.416 e. The summed E-state index contributed by atoms with van der Waals surface area (Å²) in [6.45, 7) is 0.953. The Morgan fingerprint density at radius 1 is 1.17 bits per heavy atom. The van der Waals surface area contributed by atoms with Crippen LogP contribution in [0.2, 0.25) is 0 Å². The predicted molar refractivity (Wildman–Crippen MR) is 56.7 cm³/mol. The Labute approximate surface area is 102 Å². The van der Waals surface area contributed by atoms with Crippen molar-refractivity contribution in [2.45, 2.75) is 25.0 Å². The lowest BCUT2D eigenvalue weighted by Gasteiger charge is -2.15. The number of halogens is 3. The fourth-order valence-corrected chi connectivity index (χ4v) is 1.76. The third-order valence-electron chi connectivity index (χ3n) is 2.73. The number of aliphatic hydroxyl groups excluding tert-OH is 1. The molecule has 0 aliphatic carbocycles. The third-order valence-corrected chi connectivity index (χ3v) is 2.73. The molecule has 0 amide bonds. The first-order valence-electron chi connectivity index (χ1n) is 5.55. The van der Waals surface area contributed by atoms with Crippen LogP contribution in [0, 0.1) is 0 Å². The molecule has 1 atom stereocenters. The molecule has 1 aliphatic rings. The van der Waals surface area contributed by atoms with Gasteiger partial charge in [0.25, 0.3) is 0 Å². The van der Waals surface area contributed by atoms with Gasteiger partial charge in [0.05, 0.1) is 24.9 Å². The van der Waals surface area contributed by atoms with Crippen molar-refractivity contribution in [3.63, 3.8) is 0 Å². The van der Waals surface area contributed by atoms with Gasteiger partial charge in [0.2, 0.25) is 0 Å². The molecule has 1 saturated heterocycles. The molecular formula is C12H13F3O3. The van der Waals surface area contributed by atoms with Gasteiger partial charge in [0.15, 0.2) is 6.29 Å². The Morgan fingerprint density at radius 2 is 1.72 bits per heavy atom. The minimum absolute atomic E-state index is 0.214. The SMILES string of the molecule is OC(CC1OCCO1)c1ccc(C(F)(F)F)cc1. The maximum absolute atomic E-state index is 12.3. The highest BCUT2D eigenvalue weighted by Gasteiger charge is 2.30. The second kappa shape index (κ2) is 5.26. The van der Waals surface area contributed by atoms with E-state index in [1.165, 1.54) is 12.1 Å². The van der Waals surface area contributed by atoms with Crippen molar-refractivity contribution in [1.82, 2.24) is 0 Å². The van der Waals surface area contributed by atoms with Gasteiger partial charge < -0.3 is 14.6 Å². The Bertz CT molecular complexity index is 383. The van der Waals surface area contributed by atoms with Crippen molar-refractivity contribution in [2.75, 3.05) is 13.2 Å². The van der Waals surface area contributed by atoms with E-state index in [0.29, 0.717) is 18.8 Å². The van der Waals surface area contributed by atoms with Crippen LogP contribution < -0.4 is 0 Å². The van der Waals surface area contributed by atoms with E-state index < -0.39 is 24.1 Å². The average Bonchev–Trinajstić information content (AvgIpc) is 2.81. The Hall–Kier alpha value is -1.11. The van der Waals surface area contributed by atoms with E-state index in [-0.39, 0.29) is 6.42 Å². The van der Waals surface area contributed by atoms with Crippen LogP contribution in [0.5, 0.6) is 0 Å². The Morgan fingerprint density at radius 3 is 2.22 bits per heavy atom. The summed E-state index contributed by atoms with van der Waals surface area (Å²) in [6, 6.07) is 4.44. The van der Waals surface area contributed by atoms with Crippen molar-refractivity contribution in [3.05, 3.63) is 35.4 Å². The highest BCUT2D eigenvalue weighted by atomic mass is 19.4. The zero-order chi connectivity index (χ0) is 13.2. The van der Waals surface area contributed by atoms with Crippen molar-refractivity contribution in [1.29, 1.82) is 0 Å². The number of hydrogen-bond acceptors (Lipinski definition) is 3. The molecule has 1 fully saturated rings. The van der Waals surface area contributed by atoms with Crippen LogP contribution in [0.3, 0.4) is 0 Å². The van der Waals surface area contributed by atoms with Gasteiger partial charge in [-0.05, 0) is 17.7 Å². The molecule has 3 nitrogen and oxygen atoms in total. The minimum Gasteiger partial charge on any atom is -0.388 e. The fourth-order valence-electron chi connectivity index (χ4n) is 1.76. The number of aliphatic hydroxyl groups is 1. The second-order valence-corrected chi connectivity index (χ2v) is 4.04. The quantitative estimate of drug-likeness (QED) is 0.909. The fraction of sp³-hybridized carbons (Fsp3) is 0.500. The summed E-state index contributed by atoms with van der Waals surface area (Å²) in [7, 11) is 0. The lowest BCUT2D eigenvalue weighted by molar-refractivity contribution is -0.137. The van der Waals surface area contributed by atoms with Crippen LogP contribution in [0.4, 0.5) is 13.2 Å². The molecule has 0 spiro atoms. The molecule has 1 heterocycles. The molecular weight excluding hydrogens is 249 g/mol. The first-order valence-corrected chi connectivity index (χ1v) is 5.55. The van der Waals surface area contributed by atoms with E-state index in [0.717, 1.165) is 12.1 Å². The number of benzene rings is 1. The van der Waals surface area contributed by atoms with Crippen LogP contribution in [0.1, 0.15) is 23.7 Å². The van der Waals surface area contributed by atoms with Gasteiger partial charge in [0.1, 0.15) is 0 Å². The summed E-state index contributed by atoms with van der Waals surface area (Å²) in [5.41, 5.74) is -0.311. The van der Waals surface area contributed by atoms with Crippen LogP contribution in [0.25, 0.3) is 0 Å². The van der Waals surface area contributed by atoms with Gasteiger partial charge in [-0.3, -0.25) is 0 Å². The lowest BCUT2D eigenvalue weighted by atomic mass is 10.0.